The first-order valence-electron chi connectivity index (χ1n) is 4.70. The van der Waals surface area contributed by atoms with Gasteiger partial charge in [0.15, 0.2) is 0 Å². The van der Waals surface area contributed by atoms with Gasteiger partial charge in [-0.1, -0.05) is 0 Å². The standard InChI is InChI=1S/C9H12N4S/c1-7-12-8(14-13-7)9(6-10)2-4-11-5-3-9/h11H,2-5H2,1H3. The minimum absolute atomic E-state index is 0.378. The van der Waals surface area contributed by atoms with Crippen LogP contribution < -0.4 is 5.32 Å². The molecule has 0 spiro atoms. The molecule has 74 valence electrons. The highest BCUT2D eigenvalue weighted by Gasteiger charge is 2.37. The second kappa shape index (κ2) is 3.64. The van der Waals surface area contributed by atoms with Gasteiger partial charge in [-0.25, -0.2) is 4.98 Å². The van der Waals surface area contributed by atoms with Crippen LogP contribution in [0.4, 0.5) is 0 Å². The molecule has 14 heavy (non-hydrogen) atoms. The summed E-state index contributed by atoms with van der Waals surface area (Å²) in [5, 5.41) is 13.4. The monoisotopic (exact) mass is 208 g/mol. The summed E-state index contributed by atoms with van der Waals surface area (Å²) in [7, 11) is 0. The SMILES string of the molecule is Cc1nsc(C2(C#N)CCNCC2)n1. The van der Waals surface area contributed by atoms with E-state index in [0.717, 1.165) is 36.8 Å². The van der Waals surface area contributed by atoms with Gasteiger partial charge in [0.1, 0.15) is 16.2 Å². The Balaban J connectivity index is 2.32. The zero-order valence-electron chi connectivity index (χ0n) is 8.08. The molecule has 1 fully saturated rings. The quantitative estimate of drug-likeness (QED) is 0.747. The van der Waals surface area contributed by atoms with Gasteiger partial charge in [0, 0.05) is 0 Å². The van der Waals surface area contributed by atoms with Crippen molar-refractivity contribution in [2.24, 2.45) is 0 Å². The Morgan fingerprint density at radius 1 is 1.50 bits per heavy atom. The molecular weight excluding hydrogens is 196 g/mol. The third-order valence-corrected chi connectivity index (χ3v) is 3.62. The fourth-order valence-corrected chi connectivity index (χ4v) is 2.58. The van der Waals surface area contributed by atoms with E-state index in [1.807, 2.05) is 6.92 Å². The van der Waals surface area contributed by atoms with Crippen LogP contribution in [-0.2, 0) is 5.41 Å². The first kappa shape index (κ1) is 9.56. The number of nitriles is 1. The second-order valence-corrected chi connectivity index (χ2v) is 4.34. The molecule has 1 aliphatic rings. The second-order valence-electron chi connectivity index (χ2n) is 3.59. The summed E-state index contributed by atoms with van der Waals surface area (Å²) in [5.74, 6) is 0.776. The molecule has 0 amide bonds. The van der Waals surface area contributed by atoms with Crippen LogP contribution in [0.5, 0.6) is 0 Å². The maximum absolute atomic E-state index is 9.27. The maximum Gasteiger partial charge on any atom is 0.139 e. The molecule has 0 atom stereocenters. The van der Waals surface area contributed by atoms with Crippen molar-refractivity contribution in [3.63, 3.8) is 0 Å². The van der Waals surface area contributed by atoms with Crippen molar-refractivity contribution in [2.75, 3.05) is 13.1 Å². The molecule has 0 aliphatic carbocycles. The average molecular weight is 208 g/mol. The molecule has 1 aromatic rings. The predicted molar refractivity (Wildman–Crippen MR) is 54.0 cm³/mol. The highest BCUT2D eigenvalue weighted by Crippen LogP contribution is 2.33. The predicted octanol–water partition coefficient (Wildman–Crippen LogP) is 0.991. The van der Waals surface area contributed by atoms with E-state index >= 15 is 0 Å². The Morgan fingerprint density at radius 2 is 2.21 bits per heavy atom. The average Bonchev–Trinajstić information content (AvgIpc) is 2.66. The third kappa shape index (κ3) is 1.51. The van der Waals surface area contributed by atoms with Crippen LogP contribution in [0.1, 0.15) is 23.7 Å². The van der Waals surface area contributed by atoms with Gasteiger partial charge in [-0.15, -0.1) is 0 Å². The fraction of sp³-hybridized carbons (Fsp3) is 0.667. The van der Waals surface area contributed by atoms with Crippen LogP contribution in [0.25, 0.3) is 0 Å². The van der Waals surface area contributed by atoms with Crippen molar-refractivity contribution in [3.05, 3.63) is 10.8 Å². The summed E-state index contributed by atoms with van der Waals surface area (Å²) in [5.41, 5.74) is -0.378. The topological polar surface area (TPSA) is 61.6 Å². The molecule has 0 saturated carbocycles. The fourth-order valence-electron chi connectivity index (χ4n) is 1.72. The molecule has 0 aromatic carbocycles. The van der Waals surface area contributed by atoms with Crippen LogP contribution in [-0.4, -0.2) is 22.4 Å². The maximum atomic E-state index is 9.27. The van der Waals surface area contributed by atoms with E-state index in [2.05, 4.69) is 20.7 Å². The van der Waals surface area contributed by atoms with Gasteiger partial charge in [-0.05, 0) is 44.4 Å². The van der Waals surface area contributed by atoms with E-state index in [-0.39, 0.29) is 5.41 Å². The Morgan fingerprint density at radius 3 is 2.71 bits per heavy atom. The minimum Gasteiger partial charge on any atom is -0.317 e. The van der Waals surface area contributed by atoms with Crippen molar-refractivity contribution in [3.8, 4) is 6.07 Å². The Bertz CT molecular complexity index is 359. The zero-order valence-corrected chi connectivity index (χ0v) is 8.89. The molecular formula is C9H12N4S. The highest BCUT2D eigenvalue weighted by molar-refractivity contribution is 7.05. The number of hydrogen-bond acceptors (Lipinski definition) is 5. The number of nitrogens with zero attached hydrogens (tertiary/aromatic N) is 3. The molecule has 2 rings (SSSR count). The van der Waals surface area contributed by atoms with Gasteiger partial charge >= 0.3 is 0 Å². The normalized spacial score (nSPS) is 20.3. The lowest BCUT2D eigenvalue weighted by molar-refractivity contribution is 0.381. The molecule has 1 N–H and O–H groups in total. The van der Waals surface area contributed by atoms with Crippen molar-refractivity contribution in [2.45, 2.75) is 25.2 Å². The van der Waals surface area contributed by atoms with Crippen LogP contribution >= 0.6 is 11.5 Å². The molecule has 5 heteroatoms. The van der Waals surface area contributed by atoms with Crippen LogP contribution in [0.15, 0.2) is 0 Å². The van der Waals surface area contributed by atoms with Gasteiger partial charge in [0.2, 0.25) is 0 Å². The van der Waals surface area contributed by atoms with Gasteiger partial charge in [0.25, 0.3) is 0 Å². The largest absolute Gasteiger partial charge is 0.317 e. The van der Waals surface area contributed by atoms with E-state index in [1.54, 1.807) is 0 Å². The van der Waals surface area contributed by atoms with E-state index < -0.39 is 0 Å². The summed E-state index contributed by atoms with van der Waals surface area (Å²) in [6, 6.07) is 2.41. The molecule has 4 nitrogen and oxygen atoms in total. The first-order chi connectivity index (χ1) is 6.77. The summed E-state index contributed by atoms with van der Waals surface area (Å²) < 4.78 is 4.14. The summed E-state index contributed by atoms with van der Waals surface area (Å²) in [6.45, 7) is 3.66. The number of nitrogens with one attached hydrogen (secondary N) is 1. The molecule has 1 aromatic heterocycles. The lowest BCUT2D eigenvalue weighted by Gasteiger charge is -2.28. The van der Waals surface area contributed by atoms with E-state index in [4.69, 9.17) is 0 Å². The Kier molecular flexibility index (Phi) is 2.48. The molecule has 1 aliphatic heterocycles. The summed E-state index contributed by atoms with van der Waals surface area (Å²) in [6.07, 6.45) is 1.69. The van der Waals surface area contributed by atoms with Crippen LogP contribution in [0, 0.1) is 18.3 Å². The van der Waals surface area contributed by atoms with Crippen molar-refractivity contribution in [1.29, 1.82) is 5.26 Å². The van der Waals surface area contributed by atoms with Gasteiger partial charge < -0.3 is 5.32 Å². The van der Waals surface area contributed by atoms with Gasteiger partial charge in [0.05, 0.1) is 6.07 Å². The van der Waals surface area contributed by atoms with Crippen molar-refractivity contribution >= 4 is 11.5 Å². The van der Waals surface area contributed by atoms with Crippen LogP contribution in [0.3, 0.4) is 0 Å². The highest BCUT2D eigenvalue weighted by atomic mass is 32.1. The lowest BCUT2D eigenvalue weighted by Crippen LogP contribution is -2.38. The van der Waals surface area contributed by atoms with Crippen molar-refractivity contribution < 1.29 is 0 Å². The Hall–Kier alpha value is -0.990. The number of hydrogen-bond donors (Lipinski definition) is 1. The molecule has 2 heterocycles. The minimum atomic E-state index is -0.378. The van der Waals surface area contributed by atoms with Crippen molar-refractivity contribution in [1.82, 2.24) is 14.7 Å². The smallest absolute Gasteiger partial charge is 0.139 e. The molecule has 0 unspecified atom stereocenters. The first-order valence-corrected chi connectivity index (χ1v) is 5.47. The number of piperidine rings is 1. The Labute approximate surface area is 87.1 Å². The third-order valence-electron chi connectivity index (χ3n) is 2.61. The number of aryl methyl sites for hydroxylation is 1. The van der Waals surface area contributed by atoms with E-state index in [0.29, 0.717) is 0 Å². The number of aromatic nitrogens is 2. The zero-order chi connectivity index (χ0) is 10.0. The van der Waals surface area contributed by atoms with Crippen LogP contribution in [0.2, 0.25) is 0 Å². The van der Waals surface area contributed by atoms with Gasteiger partial charge in [-0.2, -0.15) is 9.64 Å². The molecule has 0 bridgehead atoms. The molecule has 0 radical (unpaired) electrons. The molecule has 1 saturated heterocycles. The summed E-state index contributed by atoms with van der Waals surface area (Å²) in [4.78, 5) is 4.33. The van der Waals surface area contributed by atoms with Gasteiger partial charge in [-0.3, -0.25) is 0 Å². The number of rotatable bonds is 1. The summed E-state index contributed by atoms with van der Waals surface area (Å²) >= 11 is 1.37. The van der Waals surface area contributed by atoms with E-state index in [1.165, 1.54) is 11.5 Å². The lowest BCUT2D eigenvalue weighted by atomic mass is 9.81. The van der Waals surface area contributed by atoms with E-state index in [9.17, 15) is 5.26 Å².